The van der Waals surface area contributed by atoms with Gasteiger partial charge in [0.05, 0.1) is 12.8 Å². The Hall–Kier alpha value is -2.83. The molecule has 6 nitrogen and oxygen atoms in total. The van der Waals surface area contributed by atoms with Crippen LogP contribution in [0.25, 0.3) is 11.3 Å². The van der Waals surface area contributed by atoms with Crippen LogP contribution in [0.2, 0.25) is 5.02 Å². The molecule has 0 radical (unpaired) electrons. The number of halogens is 1. The first-order chi connectivity index (χ1) is 14.5. The SMILES string of the molecule is CN(C)CCCOc1ccc(NC(=O)CCc2ncc(-c3ccc(Cl)cc3)o2)cc1. The van der Waals surface area contributed by atoms with Gasteiger partial charge in [-0.05, 0) is 69.0 Å². The van der Waals surface area contributed by atoms with E-state index in [1.165, 1.54) is 0 Å². The number of carbonyl (C=O) groups is 1. The van der Waals surface area contributed by atoms with Gasteiger partial charge in [-0.2, -0.15) is 0 Å². The van der Waals surface area contributed by atoms with Gasteiger partial charge < -0.3 is 19.4 Å². The van der Waals surface area contributed by atoms with Crippen molar-refractivity contribution in [1.82, 2.24) is 9.88 Å². The number of oxazole rings is 1. The number of nitrogens with zero attached hydrogens (tertiary/aromatic N) is 2. The minimum atomic E-state index is -0.0964. The van der Waals surface area contributed by atoms with Crippen LogP contribution in [0, 0.1) is 0 Å². The number of amides is 1. The molecular weight excluding hydrogens is 402 g/mol. The number of rotatable bonds is 10. The molecule has 0 saturated heterocycles. The van der Waals surface area contributed by atoms with Gasteiger partial charge in [-0.3, -0.25) is 4.79 Å². The van der Waals surface area contributed by atoms with Gasteiger partial charge in [-0.25, -0.2) is 4.98 Å². The Morgan fingerprint density at radius 3 is 2.57 bits per heavy atom. The van der Waals surface area contributed by atoms with E-state index in [0.29, 0.717) is 29.7 Å². The topological polar surface area (TPSA) is 67.6 Å². The molecule has 3 aromatic rings. The summed E-state index contributed by atoms with van der Waals surface area (Å²) in [6.45, 7) is 1.65. The molecule has 0 unspecified atom stereocenters. The molecule has 30 heavy (non-hydrogen) atoms. The molecule has 0 bridgehead atoms. The lowest BCUT2D eigenvalue weighted by molar-refractivity contribution is -0.116. The summed E-state index contributed by atoms with van der Waals surface area (Å²) in [5, 5.41) is 3.55. The van der Waals surface area contributed by atoms with Crippen molar-refractivity contribution in [3.8, 4) is 17.1 Å². The van der Waals surface area contributed by atoms with Crippen LogP contribution in [0.5, 0.6) is 5.75 Å². The average molecular weight is 428 g/mol. The predicted molar refractivity (Wildman–Crippen MR) is 119 cm³/mol. The maximum Gasteiger partial charge on any atom is 0.224 e. The quantitative estimate of drug-likeness (QED) is 0.466. The molecule has 1 heterocycles. The van der Waals surface area contributed by atoms with E-state index in [1.54, 1.807) is 18.3 Å². The van der Waals surface area contributed by atoms with Crippen LogP contribution in [0.4, 0.5) is 5.69 Å². The number of hydrogen-bond acceptors (Lipinski definition) is 5. The Morgan fingerprint density at radius 1 is 1.13 bits per heavy atom. The first kappa shape index (κ1) is 21.9. The van der Waals surface area contributed by atoms with Gasteiger partial charge in [0.25, 0.3) is 0 Å². The highest BCUT2D eigenvalue weighted by atomic mass is 35.5. The van der Waals surface area contributed by atoms with Gasteiger partial charge in [0.1, 0.15) is 5.75 Å². The van der Waals surface area contributed by atoms with Crippen molar-refractivity contribution in [3.05, 3.63) is 65.6 Å². The number of carbonyl (C=O) groups excluding carboxylic acids is 1. The summed E-state index contributed by atoms with van der Waals surface area (Å²) in [5.74, 6) is 1.88. The standard InChI is InChI=1S/C23H26ClN3O3/c1-27(2)14-3-15-29-20-10-8-19(9-11-20)26-22(28)12-13-23-25-16-21(30-23)17-4-6-18(24)7-5-17/h4-11,16H,3,12-15H2,1-2H3,(H,26,28). The Labute approximate surface area is 181 Å². The Kier molecular flexibility index (Phi) is 7.88. The van der Waals surface area contributed by atoms with Crippen LogP contribution in [0.3, 0.4) is 0 Å². The van der Waals surface area contributed by atoms with Crippen molar-refractivity contribution in [2.24, 2.45) is 0 Å². The maximum atomic E-state index is 12.2. The van der Waals surface area contributed by atoms with Crippen molar-refractivity contribution >= 4 is 23.2 Å². The van der Waals surface area contributed by atoms with Gasteiger partial charge >= 0.3 is 0 Å². The number of aryl methyl sites for hydroxylation is 1. The zero-order valence-corrected chi connectivity index (χ0v) is 18.0. The van der Waals surface area contributed by atoms with Crippen molar-refractivity contribution in [2.45, 2.75) is 19.3 Å². The predicted octanol–water partition coefficient (Wildman–Crippen LogP) is 4.90. The number of benzene rings is 2. The summed E-state index contributed by atoms with van der Waals surface area (Å²) >= 11 is 5.90. The third kappa shape index (κ3) is 6.90. The molecule has 0 aliphatic rings. The van der Waals surface area contributed by atoms with E-state index in [2.05, 4.69) is 15.2 Å². The van der Waals surface area contributed by atoms with Crippen LogP contribution in [0.15, 0.2) is 59.1 Å². The second kappa shape index (κ2) is 10.8. The lowest BCUT2D eigenvalue weighted by Gasteiger charge is -2.11. The molecule has 1 aromatic heterocycles. The third-order valence-electron chi connectivity index (χ3n) is 4.40. The monoisotopic (exact) mass is 427 g/mol. The maximum absolute atomic E-state index is 12.2. The number of hydrogen-bond donors (Lipinski definition) is 1. The van der Waals surface area contributed by atoms with Gasteiger partial charge in [-0.15, -0.1) is 0 Å². The van der Waals surface area contributed by atoms with Crippen LogP contribution in [-0.2, 0) is 11.2 Å². The second-order valence-corrected chi connectivity index (χ2v) is 7.64. The highest BCUT2D eigenvalue weighted by Crippen LogP contribution is 2.23. The van der Waals surface area contributed by atoms with Crippen LogP contribution in [0.1, 0.15) is 18.7 Å². The van der Waals surface area contributed by atoms with E-state index >= 15 is 0 Å². The van der Waals surface area contributed by atoms with Gasteiger partial charge in [-0.1, -0.05) is 11.6 Å². The molecule has 1 amide bonds. The Balaban J connectivity index is 1.43. The van der Waals surface area contributed by atoms with E-state index in [9.17, 15) is 4.79 Å². The van der Waals surface area contributed by atoms with Crippen LogP contribution < -0.4 is 10.1 Å². The van der Waals surface area contributed by atoms with Crippen molar-refractivity contribution in [2.75, 3.05) is 32.6 Å². The second-order valence-electron chi connectivity index (χ2n) is 7.20. The number of anilines is 1. The molecule has 0 saturated carbocycles. The highest BCUT2D eigenvalue weighted by molar-refractivity contribution is 6.30. The fourth-order valence-corrected chi connectivity index (χ4v) is 2.95. The van der Waals surface area contributed by atoms with Gasteiger partial charge in [0, 0.05) is 35.7 Å². The summed E-state index contributed by atoms with van der Waals surface area (Å²) in [6.07, 6.45) is 3.33. The normalized spacial score (nSPS) is 10.9. The average Bonchev–Trinajstić information content (AvgIpc) is 3.20. The first-order valence-electron chi connectivity index (χ1n) is 9.88. The van der Waals surface area contributed by atoms with Crippen LogP contribution >= 0.6 is 11.6 Å². The van der Waals surface area contributed by atoms with Crippen LogP contribution in [-0.4, -0.2) is 43.0 Å². The fourth-order valence-electron chi connectivity index (χ4n) is 2.82. The summed E-state index contributed by atoms with van der Waals surface area (Å²) in [6, 6.07) is 14.7. The summed E-state index contributed by atoms with van der Waals surface area (Å²) in [7, 11) is 4.08. The van der Waals surface area contributed by atoms with E-state index in [1.807, 2.05) is 50.5 Å². The number of ether oxygens (including phenoxy) is 1. The van der Waals surface area contributed by atoms with Gasteiger partial charge in [0.15, 0.2) is 11.7 Å². The molecule has 158 valence electrons. The smallest absolute Gasteiger partial charge is 0.224 e. The minimum Gasteiger partial charge on any atom is -0.494 e. The van der Waals surface area contributed by atoms with Crippen molar-refractivity contribution in [3.63, 3.8) is 0 Å². The zero-order valence-electron chi connectivity index (χ0n) is 17.2. The molecule has 1 N–H and O–H groups in total. The minimum absolute atomic E-state index is 0.0964. The summed E-state index contributed by atoms with van der Waals surface area (Å²) < 4.78 is 11.4. The molecule has 0 fully saturated rings. The molecule has 2 aromatic carbocycles. The largest absolute Gasteiger partial charge is 0.494 e. The summed E-state index contributed by atoms with van der Waals surface area (Å²) in [5.41, 5.74) is 1.63. The number of nitrogens with one attached hydrogen (secondary N) is 1. The molecule has 7 heteroatoms. The van der Waals surface area contributed by atoms with Crippen molar-refractivity contribution < 1.29 is 13.9 Å². The highest BCUT2D eigenvalue weighted by Gasteiger charge is 2.09. The van der Waals surface area contributed by atoms with E-state index in [-0.39, 0.29) is 12.3 Å². The lowest BCUT2D eigenvalue weighted by Crippen LogP contribution is -2.15. The molecule has 0 spiro atoms. The Bertz CT molecular complexity index is 937. The molecule has 0 aliphatic carbocycles. The molecule has 3 rings (SSSR count). The fraction of sp³-hybridized carbons (Fsp3) is 0.304. The molecular formula is C23H26ClN3O3. The Morgan fingerprint density at radius 2 is 1.87 bits per heavy atom. The van der Waals surface area contributed by atoms with E-state index < -0.39 is 0 Å². The lowest BCUT2D eigenvalue weighted by atomic mass is 10.2. The van der Waals surface area contributed by atoms with E-state index in [0.717, 1.165) is 30.0 Å². The van der Waals surface area contributed by atoms with Crippen molar-refractivity contribution in [1.29, 1.82) is 0 Å². The number of aromatic nitrogens is 1. The third-order valence-corrected chi connectivity index (χ3v) is 4.66. The van der Waals surface area contributed by atoms with Gasteiger partial charge in [0.2, 0.25) is 5.91 Å². The van der Waals surface area contributed by atoms with E-state index in [4.69, 9.17) is 20.8 Å². The summed E-state index contributed by atoms with van der Waals surface area (Å²) in [4.78, 5) is 18.6. The molecule has 0 aliphatic heterocycles. The zero-order chi connectivity index (χ0) is 21.3. The first-order valence-corrected chi connectivity index (χ1v) is 10.3. The molecule has 0 atom stereocenters.